The third kappa shape index (κ3) is 8.62. The number of carbonyl (C=O) groups excluding carboxylic acids is 1. The van der Waals surface area contributed by atoms with Crippen molar-refractivity contribution in [2.45, 2.75) is 90.8 Å². The van der Waals surface area contributed by atoms with Crippen LogP contribution in [0.5, 0.6) is 0 Å². The first kappa shape index (κ1) is 34.6. The van der Waals surface area contributed by atoms with E-state index in [2.05, 4.69) is 63.2 Å². The molecule has 1 aliphatic rings. The van der Waals surface area contributed by atoms with Crippen molar-refractivity contribution in [2.75, 3.05) is 5.75 Å². The number of amides is 1. The summed E-state index contributed by atoms with van der Waals surface area (Å²) in [5.74, 6) is -0.477. The predicted molar refractivity (Wildman–Crippen MR) is 167 cm³/mol. The molecule has 1 fully saturated rings. The quantitative estimate of drug-likeness (QED) is 0.0816. The van der Waals surface area contributed by atoms with E-state index >= 15 is 0 Å². The molecule has 3 rings (SSSR count). The van der Waals surface area contributed by atoms with Crippen molar-refractivity contribution in [3.05, 3.63) is 74.9 Å². The Kier molecular flexibility index (Phi) is 11.9. The fourth-order valence-electron chi connectivity index (χ4n) is 5.84. The van der Waals surface area contributed by atoms with Gasteiger partial charge in [-0.3, -0.25) is 15.5 Å². The number of halogens is 4. The van der Waals surface area contributed by atoms with Crippen LogP contribution < -0.4 is 11.2 Å². The molecule has 10 heteroatoms. The van der Waals surface area contributed by atoms with Gasteiger partial charge in [-0.05, 0) is 109 Å². The molecule has 236 valence electrons. The molecule has 0 aliphatic heterocycles. The van der Waals surface area contributed by atoms with Crippen LogP contribution in [-0.4, -0.2) is 28.2 Å². The number of hydroxylamine groups is 1. The second kappa shape index (κ2) is 14.8. The zero-order valence-electron chi connectivity index (χ0n) is 25.5. The third-order valence-corrected chi connectivity index (χ3v) is 9.87. The van der Waals surface area contributed by atoms with Crippen LogP contribution in [0.1, 0.15) is 98.6 Å². The zero-order valence-corrected chi connectivity index (χ0v) is 26.3. The molecule has 1 aliphatic carbocycles. The zero-order chi connectivity index (χ0) is 31.9. The van der Waals surface area contributed by atoms with E-state index in [1.165, 1.54) is 22.3 Å². The van der Waals surface area contributed by atoms with Gasteiger partial charge >= 0.3 is 6.18 Å². The lowest BCUT2D eigenvalue weighted by molar-refractivity contribution is -0.140. The van der Waals surface area contributed by atoms with Crippen molar-refractivity contribution in [3.63, 3.8) is 0 Å². The molecule has 4 atom stereocenters. The Labute approximate surface area is 256 Å². The number of nitrogens with two attached hydrogens (primary N) is 1. The molecule has 0 radical (unpaired) electrons. The molecule has 1 saturated carbocycles. The molecule has 0 aromatic heterocycles. The van der Waals surface area contributed by atoms with Crippen LogP contribution in [-0.2, 0) is 11.0 Å². The molecule has 3 unspecified atom stereocenters. The Morgan fingerprint density at radius 2 is 1.86 bits per heavy atom. The Bertz CT molecular complexity index is 1320. The van der Waals surface area contributed by atoms with Gasteiger partial charge in [0, 0.05) is 11.3 Å². The van der Waals surface area contributed by atoms with Crippen LogP contribution in [0.2, 0.25) is 0 Å². The summed E-state index contributed by atoms with van der Waals surface area (Å²) in [5, 5.41) is 11.9. The average Bonchev–Trinajstić information content (AvgIpc) is 3.18. The Morgan fingerprint density at radius 3 is 2.44 bits per heavy atom. The summed E-state index contributed by atoms with van der Waals surface area (Å²) >= 11 is 1.75. The standard InChI is InChI=1S/C33H43F4N3O2S/c1-6-20(2)26-16-21(3)27(22(4)17-26)12-15-43-19-23(5)24-8-7-13-32(14-11-24,31(38)41)39-30(40-42)25-9-10-29(34)28(18-25)33(35,36)37/h9-10,12,15-18,20,23-24,42H,6-8,11,13-14,19H2,1-5H3,(H2,38,41)(H,39,40)/b15-12+/t20?,23-,24?,32?/m0/s1. The second-order valence-corrected chi connectivity index (χ2v) is 12.8. The first-order valence-corrected chi connectivity index (χ1v) is 15.8. The van der Waals surface area contributed by atoms with Crippen molar-refractivity contribution in [3.8, 4) is 0 Å². The number of alkyl halides is 3. The third-order valence-electron chi connectivity index (χ3n) is 8.82. The molecule has 0 spiro atoms. The van der Waals surface area contributed by atoms with E-state index in [4.69, 9.17) is 5.73 Å². The topological polar surface area (TPSA) is 87.7 Å². The average molecular weight is 622 g/mol. The number of nitrogens with one attached hydrogen (secondary N) is 1. The highest BCUT2D eigenvalue weighted by Gasteiger charge is 2.40. The van der Waals surface area contributed by atoms with Gasteiger partial charge in [-0.15, -0.1) is 11.8 Å². The molecule has 5 nitrogen and oxygen atoms in total. The SMILES string of the molecule is CCC(C)c1cc(C)c(/C=C/SC[C@H](C)C2CCCC(N=C(NO)c3ccc(F)c(C(F)(F)F)c3)(C(N)=O)CC2)c(C)c1. The van der Waals surface area contributed by atoms with Crippen LogP contribution in [0, 0.1) is 31.5 Å². The van der Waals surface area contributed by atoms with Gasteiger partial charge in [0.15, 0.2) is 5.84 Å². The Balaban J connectivity index is 1.70. The first-order chi connectivity index (χ1) is 20.2. The summed E-state index contributed by atoms with van der Waals surface area (Å²) in [5.41, 5.74) is 9.64. The van der Waals surface area contributed by atoms with Crippen LogP contribution in [0.4, 0.5) is 17.6 Å². The Hall–Kier alpha value is -2.85. The molecule has 2 aromatic carbocycles. The van der Waals surface area contributed by atoms with Gasteiger partial charge in [-0.1, -0.05) is 45.7 Å². The number of benzene rings is 2. The monoisotopic (exact) mass is 621 g/mol. The van der Waals surface area contributed by atoms with Crippen molar-refractivity contribution < 1.29 is 27.6 Å². The van der Waals surface area contributed by atoms with Gasteiger partial charge in [0.25, 0.3) is 0 Å². The van der Waals surface area contributed by atoms with E-state index in [0.29, 0.717) is 49.1 Å². The minimum Gasteiger partial charge on any atom is -0.368 e. The number of nitrogens with zero attached hydrogens (tertiary/aromatic N) is 1. The Morgan fingerprint density at radius 1 is 1.19 bits per heavy atom. The fourth-order valence-corrected chi connectivity index (χ4v) is 6.76. The van der Waals surface area contributed by atoms with E-state index in [0.717, 1.165) is 24.7 Å². The van der Waals surface area contributed by atoms with Gasteiger partial charge in [0.05, 0.1) is 5.56 Å². The highest BCUT2D eigenvalue weighted by molar-refractivity contribution is 8.02. The van der Waals surface area contributed by atoms with E-state index < -0.39 is 29.0 Å². The van der Waals surface area contributed by atoms with Gasteiger partial charge in [0.1, 0.15) is 11.4 Å². The second-order valence-electron chi connectivity index (χ2n) is 11.8. The molecule has 0 bridgehead atoms. The normalized spacial score (nSPS) is 21.4. The van der Waals surface area contributed by atoms with Gasteiger partial charge in [0.2, 0.25) is 5.91 Å². The molecule has 4 N–H and O–H groups in total. The number of aryl methyl sites for hydroxylation is 2. The van der Waals surface area contributed by atoms with Gasteiger partial charge < -0.3 is 5.73 Å². The number of primary amides is 1. The number of thioether (sulfide) groups is 1. The van der Waals surface area contributed by atoms with Crippen molar-refractivity contribution >= 4 is 29.6 Å². The van der Waals surface area contributed by atoms with Crippen LogP contribution in [0.3, 0.4) is 0 Å². The summed E-state index contributed by atoms with van der Waals surface area (Å²) < 4.78 is 53.7. The maximum Gasteiger partial charge on any atom is 0.419 e. The number of aliphatic imine (C=N–C) groups is 1. The molecular formula is C33H43F4N3O2S. The highest BCUT2D eigenvalue weighted by Crippen LogP contribution is 2.38. The van der Waals surface area contributed by atoms with E-state index in [9.17, 15) is 27.6 Å². The van der Waals surface area contributed by atoms with Crippen molar-refractivity contribution in [2.24, 2.45) is 22.6 Å². The number of hydrogen-bond acceptors (Lipinski definition) is 4. The smallest absolute Gasteiger partial charge is 0.368 e. The summed E-state index contributed by atoms with van der Waals surface area (Å²) in [4.78, 5) is 17.1. The van der Waals surface area contributed by atoms with Crippen LogP contribution in [0.15, 0.2) is 40.7 Å². The lowest BCUT2D eigenvalue weighted by Gasteiger charge is -2.27. The largest absolute Gasteiger partial charge is 0.419 e. The van der Waals surface area contributed by atoms with E-state index in [-0.39, 0.29) is 17.8 Å². The first-order valence-electron chi connectivity index (χ1n) is 14.8. The predicted octanol–water partition coefficient (Wildman–Crippen LogP) is 8.54. The minimum atomic E-state index is -4.93. The summed E-state index contributed by atoms with van der Waals surface area (Å²) in [7, 11) is 0. The van der Waals surface area contributed by atoms with E-state index in [1.54, 1.807) is 17.2 Å². The molecule has 2 aromatic rings. The number of amidine groups is 1. The number of hydrogen-bond donors (Lipinski definition) is 3. The van der Waals surface area contributed by atoms with Crippen LogP contribution in [0.25, 0.3) is 6.08 Å². The highest BCUT2D eigenvalue weighted by atomic mass is 32.2. The molecule has 0 saturated heterocycles. The number of rotatable bonds is 10. The van der Waals surface area contributed by atoms with Gasteiger partial charge in [-0.25, -0.2) is 9.38 Å². The minimum absolute atomic E-state index is 0.200. The lowest BCUT2D eigenvalue weighted by Crippen LogP contribution is -2.44. The summed E-state index contributed by atoms with van der Waals surface area (Å²) in [6, 6.07) is 6.83. The maximum absolute atomic E-state index is 13.8. The lowest BCUT2D eigenvalue weighted by atomic mass is 9.86. The molecular weight excluding hydrogens is 578 g/mol. The van der Waals surface area contributed by atoms with Gasteiger partial charge in [-0.2, -0.15) is 13.2 Å². The van der Waals surface area contributed by atoms with Crippen molar-refractivity contribution in [1.82, 2.24) is 5.48 Å². The van der Waals surface area contributed by atoms with Crippen molar-refractivity contribution in [1.29, 1.82) is 0 Å². The molecule has 1 amide bonds. The molecule has 0 heterocycles. The number of carbonyl (C=O) groups is 1. The molecule has 43 heavy (non-hydrogen) atoms. The van der Waals surface area contributed by atoms with Crippen LogP contribution >= 0.6 is 11.8 Å². The maximum atomic E-state index is 13.8. The fraction of sp³-hybridized carbons (Fsp3) is 0.515. The summed E-state index contributed by atoms with van der Waals surface area (Å²) in [6.45, 7) is 10.9. The van der Waals surface area contributed by atoms with E-state index in [1.807, 2.05) is 0 Å². The summed E-state index contributed by atoms with van der Waals surface area (Å²) in [6.07, 6.45) is 1.05.